The van der Waals surface area contributed by atoms with Gasteiger partial charge in [-0.05, 0) is 35.1 Å². The molecule has 0 bridgehead atoms. The summed E-state index contributed by atoms with van der Waals surface area (Å²) in [5.41, 5.74) is 4.62. The first-order chi connectivity index (χ1) is 12.1. The molecule has 3 rings (SSSR count). The van der Waals surface area contributed by atoms with Crippen molar-refractivity contribution in [2.75, 3.05) is 17.6 Å². The van der Waals surface area contributed by atoms with Crippen LogP contribution < -0.4 is 5.32 Å². The minimum absolute atomic E-state index is 0.0103. The van der Waals surface area contributed by atoms with Crippen molar-refractivity contribution in [2.24, 2.45) is 0 Å². The van der Waals surface area contributed by atoms with Gasteiger partial charge in [-0.25, -0.2) is 4.79 Å². The second kappa shape index (κ2) is 7.96. The highest BCUT2D eigenvalue weighted by atomic mass is 32.2. The fourth-order valence-corrected chi connectivity index (χ4v) is 4.39. The molecule has 25 heavy (non-hydrogen) atoms. The van der Waals surface area contributed by atoms with Gasteiger partial charge in [-0.15, -0.1) is 11.8 Å². The Kier molecular flexibility index (Phi) is 5.69. The van der Waals surface area contributed by atoms with Crippen LogP contribution in [-0.4, -0.2) is 23.2 Å². The molecule has 0 aliphatic carbocycles. The summed E-state index contributed by atoms with van der Waals surface area (Å²) in [4.78, 5) is 14.8. The van der Waals surface area contributed by atoms with Crippen LogP contribution in [0.5, 0.6) is 0 Å². The number of carbonyl (C=O) groups excluding carboxylic acids is 1. The van der Waals surface area contributed by atoms with Gasteiger partial charge in [0.1, 0.15) is 5.37 Å². The van der Waals surface area contributed by atoms with Crippen LogP contribution in [0.1, 0.15) is 48.8 Å². The Hall–Kier alpha value is -1.94. The van der Waals surface area contributed by atoms with E-state index in [1.165, 1.54) is 16.7 Å². The third-order valence-electron chi connectivity index (χ3n) is 4.68. The lowest BCUT2D eigenvalue weighted by atomic mass is 10.0. The Morgan fingerprint density at radius 1 is 1.20 bits per heavy atom. The average Bonchev–Trinajstić information content (AvgIpc) is 3.12. The average molecular weight is 355 g/mol. The molecule has 2 aromatic carbocycles. The Bertz CT molecular complexity index is 727. The smallest absolute Gasteiger partial charge is 0.308 e. The summed E-state index contributed by atoms with van der Waals surface area (Å²) in [5, 5.41) is 3.20. The summed E-state index contributed by atoms with van der Waals surface area (Å²) < 4.78 is 0. The van der Waals surface area contributed by atoms with E-state index in [1.807, 2.05) is 34.9 Å². The maximum Gasteiger partial charge on any atom is 0.323 e. The van der Waals surface area contributed by atoms with E-state index >= 15 is 0 Å². The number of amides is 2. The molecule has 1 atom stereocenters. The second-order valence-electron chi connectivity index (χ2n) is 6.68. The van der Waals surface area contributed by atoms with Gasteiger partial charge in [0.25, 0.3) is 0 Å². The summed E-state index contributed by atoms with van der Waals surface area (Å²) in [5.74, 6) is 1.50. The highest BCUT2D eigenvalue weighted by Gasteiger charge is 2.30. The highest BCUT2D eigenvalue weighted by Crippen LogP contribution is 2.38. The van der Waals surface area contributed by atoms with Crippen LogP contribution in [0.25, 0.3) is 0 Å². The van der Waals surface area contributed by atoms with Crippen molar-refractivity contribution in [1.29, 1.82) is 0 Å². The van der Waals surface area contributed by atoms with Crippen LogP contribution in [0, 0.1) is 0 Å². The zero-order chi connectivity index (χ0) is 17.8. The molecule has 1 N–H and O–H groups in total. The van der Waals surface area contributed by atoms with Crippen LogP contribution in [0.3, 0.4) is 0 Å². The van der Waals surface area contributed by atoms with Crippen molar-refractivity contribution in [2.45, 2.75) is 38.5 Å². The molecule has 2 aromatic rings. The fraction of sp³-hybridized carbons (Fsp3) is 0.381. The molecule has 0 saturated carbocycles. The molecule has 1 unspecified atom stereocenters. The van der Waals surface area contributed by atoms with Crippen molar-refractivity contribution < 1.29 is 4.79 Å². The van der Waals surface area contributed by atoms with Gasteiger partial charge in [-0.3, -0.25) is 0 Å². The maximum absolute atomic E-state index is 12.8. The summed E-state index contributed by atoms with van der Waals surface area (Å²) >= 11 is 1.83. The molecule has 1 aliphatic heterocycles. The van der Waals surface area contributed by atoms with E-state index in [-0.39, 0.29) is 11.4 Å². The van der Waals surface area contributed by atoms with Crippen molar-refractivity contribution >= 4 is 23.5 Å². The SMILES string of the molecule is CCc1ccccc1NC(=O)N1CCSC1c1ccc(C(C)C)cc1. The lowest BCUT2D eigenvalue weighted by Crippen LogP contribution is -2.34. The number of benzene rings is 2. The van der Waals surface area contributed by atoms with E-state index in [4.69, 9.17) is 0 Å². The van der Waals surface area contributed by atoms with Gasteiger partial charge in [-0.2, -0.15) is 0 Å². The number of hydrogen-bond acceptors (Lipinski definition) is 2. The molecule has 0 radical (unpaired) electrons. The van der Waals surface area contributed by atoms with Gasteiger partial charge < -0.3 is 10.2 Å². The quantitative estimate of drug-likeness (QED) is 0.769. The van der Waals surface area contributed by atoms with Gasteiger partial charge in [0.15, 0.2) is 0 Å². The predicted molar refractivity (Wildman–Crippen MR) is 107 cm³/mol. The number of urea groups is 1. The molecule has 1 fully saturated rings. The van der Waals surface area contributed by atoms with Crippen LogP contribution in [0.2, 0.25) is 0 Å². The number of nitrogens with one attached hydrogen (secondary N) is 1. The minimum Gasteiger partial charge on any atom is -0.308 e. The van der Waals surface area contributed by atoms with Crippen LogP contribution in [0.15, 0.2) is 48.5 Å². The Morgan fingerprint density at radius 3 is 2.60 bits per heavy atom. The van der Waals surface area contributed by atoms with Gasteiger partial charge in [-0.1, -0.05) is 63.2 Å². The van der Waals surface area contributed by atoms with Crippen LogP contribution in [-0.2, 0) is 6.42 Å². The Morgan fingerprint density at radius 2 is 1.92 bits per heavy atom. The maximum atomic E-state index is 12.8. The lowest BCUT2D eigenvalue weighted by Gasteiger charge is -2.25. The molecule has 4 heteroatoms. The monoisotopic (exact) mass is 354 g/mol. The normalized spacial score (nSPS) is 17.1. The van der Waals surface area contributed by atoms with Crippen molar-refractivity contribution in [3.8, 4) is 0 Å². The molecule has 2 amide bonds. The van der Waals surface area contributed by atoms with Gasteiger partial charge in [0, 0.05) is 18.0 Å². The molecular weight excluding hydrogens is 328 g/mol. The molecule has 0 spiro atoms. The minimum atomic E-state index is -0.0103. The predicted octanol–water partition coefficient (Wildman–Crippen LogP) is 5.65. The topological polar surface area (TPSA) is 32.3 Å². The van der Waals surface area contributed by atoms with Crippen LogP contribution in [0.4, 0.5) is 10.5 Å². The number of nitrogens with zero attached hydrogens (tertiary/aromatic N) is 1. The summed E-state index contributed by atoms with van der Waals surface area (Å²) in [6.07, 6.45) is 0.908. The molecule has 132 valence electrons. The van der Waals surface area contributed by atoms with E-state index in [2.05, 4.69) is 56.4 Å². The summed E-state index contributed by atoms with van der Waals surface area (Å²) in [6.45, 7) is 7.28. The summed E-state index contributed by atoms with van der Waals surface area (Å²) in [7, 11) is 0. The highest BCUT2D eigenvalue weighted by molar-refractivity contribution is 7.99. The largest absolute Gasteiger partial charge is 0.323 e. The van der Waals surface area contributed by atoms with Gasteiger partial charge in [0.2, 0.25) is 0 Å². The Balaban J connectivity index is 1.75. The standard InChI is InChI=1S/C21H26N2OS/c1-4-16-7-5-6-8-19(16)22-21(24)23-13-14-25-20(23)18-11-9-17(10-12-18)15(2)3/h5-12,15,20H,4,13-14H2,1-3H3,(H,22,24). The van der Waals surface area contributed by atoms with Gasteiger partial charge in [0.05, 0.1) is 0 Å². The third kappa shape index (κ3) is 4.01. The van der Waals surface area contributed by atoms with E-state index in [0.717, 1.165) is 24.4 Å². The van der Waals surface area contributed by atoms with E-state index in [9.17, 15) is 4.79 Å². The lowest BCUT2D eigenvalue weighted by molar-refractivity contribution is 0.214. The molecule has 3 nitrogen and oxygen atoms in total. The van der Waals surface area contributed by atoms with Crippen LogP contribution >= 0.6 is 11.8 Å². The van der Waals surface area contributed by atoms with E-state index < -0.39 is 0 Å². The zero-order valence-electron chi connectivity index (χ0n) is 15.2. The Labute approximate surface area is 154 Å². The van der Waals surface area contributed by atoms with Crippen molar-refractivity contribution in [3.63, 3.8) is 0 Å². The number of carbonyl (C=O) groups is 1. The van der Waals surface area contributed by atoms with E-state index in [0.29, 0.717) is 5.92 Å². The number of anilines is 1. The molecule has 0 aromatic heterocycles. The molecular formula is C21H26N2OS. The van der Waals surface area contributed by atoms with Crippen molar-refractivity contribution in [1.82, 2.24) is 4.90 Å². The number of hydrogen-bond donors (Lipinski definition) is 1. The third-order valence-corrected chi connectivity index (χ3v) is 5.94. The molecule has 1 aliphatic rings. The number of thioether (sulfide) groups is 1. The first-order valence-corrected chi connectivity index (χ1v) is 10.0. The first kappa shape index (κ1) is 17.9. The second-order valence-corrected chi connectivity index (χ2v) is 7.87. The molecule has 1 heterocycles. The van der Waals surface area contributed by atoms with E-state index in [1.54, 1.807) is 0 Å². The number of para-hydroxylation sites is 1. The fourth-order valence-electron chi connectivity index (χ4n) is 3.14. The van der Waals surface area contributed by atoms with Crippen molar-refractivity contribution in [3.05, 3.63) is 65.2 Å². The zero-order valence-corrected chi connectivity index (χ0v) is 16.0. The number of rotatable bonds is 4. The summed E-state index contributed by atoms with van der Waals surface area (Å²) in [6, 6.07) is 16.7. The number of aryl methyl sites for hydroxylation is 1. The molecule has 1 saturated heterocycles. The van der Waals surface area contributed by atoms with Gasteiger partial charge >= 0.3 is 6.03 Å². The first-order valence-electron chi connectivity index (χ1n) is 8.97.